The minimum absolute atomic E-state index is 0.145. The Morgan fingerprint density at radius 1 is 0.377 bits per heavy atom. The predicted octanol–water partition coefficient (Wildman–Crippen LogP) is 4.54. The molecule has 0 fully saturated rings. The van der Waals surface area contributed by atoms with Crippen LogP contribution < -0.4 is 4.74 Å². The van der Waals surface area contributed by atoms with Crippen molar-refractivity contribution in [1.82, 2.24) is 0 Å². The molecule has 0 spiro atoms. The molecule has 1 rings (SSSR count). The topological polar surface area (TPSA) is 137 Å². The van der Waals surface area contributed by atoms with E-state index in [1.54, 1.807) is 0 Å². The molecule has 0 aromatic heterocycles. The van der Waals surface area contributed by atoms with Crippen LogP contribution in [-0.4, -0.2) is 165 Å². The van der Waals surface area contributed by atoms with Crippen LogP contribution in [0.25, 0.3) is 0 Å². The molecule has 0 aliphatic heterocycles. The number of hydrogen-bond acceptors (Lipinski definition) is 14. The lowest BCUT2D eigenvalue weighted by Crippen LogP contribution is -2.16. The number of carbonyl (C=O) groups excluding carboxylic acids is 1. The van der Waals surface area contributed by atoms with Crippen molar-refractivity contribution < 1.29 is 66.4 Å². The number of rotatable bonds is 44. The zero-order valence-electron chi connectivity index (χ0n) is 32.5. The lowest BCUT2D eigenvalue weighted by atomic mass is 10.1. The van der Waals surface area contributed by atoms with Gasteiger partial charge in [-0.15, -0.1) is 0 Å². The highest BCUT2D eigenvalue weighted by Crippen LogP contribution is 2.08. The fourth-order valence-corrected chi connectivity index (χ4v) is 4.37. The molecule has 0 unspecified atom stereocenters. The number of unbranched alkanes of at least 4 members (excludes halogenated alkanes) is 5. The zero-order valence-corrected chi connectivity index (χ0v) is 32.5. The molecular weight excluding hydrogens is 692 g/mol. The number of esters is 1. The number of para-hydroxylation sites is 1. The molecule has 1 aromatic rings. The van der Waals surface area contributed by atoms with Crippen molar-refractivity contribution in [3.63, 3.8) is 0 Å². The minimum Gasteiger partial charge on any atom is -0.491 e. The van der Waals surface area contributed by atoms with Gasteiger partial charge in [-0.05, 0) is 18.6 Å². The first kappa shape index (κ1) is 49.1. The first-order valence-electron chi connectivity index (χ1n) is 19.5. The number of ether oxygens (including phenoxy) is 13. The van der Waals surface area contributed by atoms with Crippen molar-refractivity contribution in [2.75, 3.05) is 159 Å². The largest absolute Gasteiger partial charge is 0.491 e. The fraction of sp³-hybridized carbons (Fsp3) is 0.821. The molecule has 0 saturated heterocycles. The standard InChI is InChI=1S/C39H70O14/c1-2-3-4-5-6-10-13-39(40)53-37-35-51-33-31-49-29-27-47-25-23-45-21-19-43-17-15-41-14-16-42-18-20-44-22-24-46-26-28-48-30-32-50-34-36-52-38-11-8-7-9-12-38/h7-9,11-12H,2-6,10,13-37H2,1H3. The van der Waals surface area contributed by atoms with E-state index in [9.17, 15) is 4.79 Å². The quantitative estimate of drug-likeness (QED) is 0.0680. The molecule has 1 aromatic carbocycles. The van der Waals surface area contributed by atoms with E-state index in [-0.39, 0.29) is 12.6 Å². The van der Waals surface area contributed by atoms with Crippen molar-refractivity contribution in [2.45, 2.75) is 51.9 Å². The molecule has 0 N–H and O–H groups in total. The van der Waals surface area contributed by atoms with Gasteiger partial charge < -0.3 is 61.6 Å². The van der Waals surface area contributed by atoms with E-state index in [2.05, 4.69) is 6.92 Å². The molecule has 0 heterocycles. The van der Waals surface area contributed by atoms with Crippen LogP contribution in [0, 0.1) is 0 Å². The van der Waals surface area contributed by atoms with Crippen LogP contribution in [0.15, 0.2) is 30.3 Å². The van der Waals surface area contributed by atoms with Gasteiger partial charge in [0.05, 0.1) is 145 Å². The summed E-state index contributed by atoms with van der Waals surface area (Å²) in [4.78, 5) is 11.7. The summed E-state index contributed by atoms with van der Waals surface area (Å²) < 4.78 is 71.0. The molecular formula is C39H70O14. The molecule has 0 atom stereocenters. The Kier molecular flexibility index (Phi) is 39.6. The second-order valence-corrected chi connectivity index (χ2v) is 11.6. The molecule has 14 nitrogen and oxygen atoms in total. The monoisotopic (exact) mass is 762 g/mol. The van der Waals surface area contributed by atoms with Gasteiger partial charge in [0, 0.05) is 6.42 Å². The van der Waals surface area contributed by atoms with Crippen LogP contribution >= 0.6 is 0 Å². The van der Waals surface area contributed by atoms with Gasteiger partial charge in [-0.3, -0.25) is 4.79 Å². The van der Waals surface area contributed by atoms with E-state index < -0.39 is 0 Å². The Labute approximate surface area is 318 Å². The second kappa shape index (κ2) is 42.8. The van der Waals surface area contributed by atoms with Crippen LogP contribution in [0.3, 0.4) is 0 Å². The van der Waals surface area contributed by atoms with Gasteiger partial charge in [0.1, 0.15) is 19.0 Å². The highest BCUT2D eigenvalue weighted by molar-refractivity contribution is 5.69. The molecule has 53 heavy (non-hydrogen) atoms. The van der Waals surface area contributed by atoms with Gasteiger partial charge in [-0.1, -0.05) is 57.2 Å². The number of benzene rings is 1. The maximum atomic E-state index is 11.7. The Balaban J connectivity index is 1.62. The normalized spacial score (nSPS) is 11.3. The molecule has 0 bridgehead atoms. The molecule has 0 aliphatic rings. The van der Waals surface area contributed by atoms with Gasteiger partial charge in [0.15, 0.2) is 0 Å². The van der Waals surface area contributed by atoms with E-state index in [1.165, 1.54) is 25.7 Å². The highest BCUT2D eigenvalue weighted by atomic mass is 16.6. The summed E-state index contributed by atoms with van der Waals surface area (Å²) in [5.74, 6) is 0.697. The van der Waals surface area contributed by atoms with E-state index in [0.29, 0.717) is 158 Å². The third kappa shape index (κ3) is 39.6. The van der Waals surface area contributed by atoms with Crippen LogP contribution in [-0.2, 0) is 61.6 Å². The summed E-state index contributed by atoms with van der Waals surface area (Å²) in [6.45, 7) is 13.9. The van der Waals surface area contributed by atoms with Crippen molar-refractivity contribution in [3.8, 4) is 5.75 Å². The van der Waals surface area contributed by atoms with E-state index >= 15 is 0 Å². The summed E-state index contributed by atoms with van der Waals surface area (Å²) in [6, 6.07) is 9.67. The maximum Gasteiger partial charge on any atom is 0.305 e. The Bertz CT molecular complexity index is 851. The minimum atomic E-state index is -0.145. The second-order valence-electron chi connectivity index (χ2n) is 11.6. The Morgan fingerprint density at radius 3 is 1.04 bits per heavy atom. The SMILES string of the molecule is CCCCCCCCC(=O)OCCOCCOCCOCCOCCOCCOCCOCCOCCOCCOCCOCCOc1ccccc1. The molecule has 310 valence electrons. The molecule has 0 radical (unpaired) electrons. The molecule has 0 saturated carbocycles. The average molecular weight is 763 g/mol. The third-order valence-electron chi connectivity index (χ3n) is 7.18. The van der Waals surface area contributed by atoms with Crippen LogP contribution in [0.1, 0.15) is 51.9 Å². The van der Waals surface area contributed by atoms with Gasteiger partial charge in [-0.2, -0.15) is 0 Å². The first-order chi connectivity index (χ1) is 26.3. The third-order valence-corrected chi connectivity index (χ3v) is 7.18. The van der Waals surface area contributed by atoms with E-state index in [1.807, 2.05) is 30.3 Å². The van der Waals surface area contributed by atoms with E-state index in [4.69, 9.17) is 61.6 Å². The Hall–Kier alpha value is -1.95. The van der Waals surface area contributed by atoms with Crippen molar-refractivity contribution >= 4 is 5.97 Å². The average Bonchev–Trinajstić information content (AvgIpc) is 3.17. The Morgan fingerprint density at radius 2 is 0.679 bits per heavy atom. The lowest BCUT2D eigenvalue weighted by molar-refractivity contribution is -0.145. The van der Waals surface area contributed by atoms with Gasteiger partial charge in [0.25, 0.3) is 0 Å². The number of hydrogen-bond donors (Lipinski definition) is 0. The molecule has 14 heteroatoms. The molecule has 0 aliphatic carbocycles. The van der Waals surface area contributed by atoms with Crippen LogP contribution in [0.2, 0.25) is 0 Å². The maximum absolute atomic E-state index is 11.7. The van der Waals surface area contributed by atoms with E-state index in [0.717, 1.165) is 18.6 Å². The summed E-state index contributed by atoms with van der Waals surface area (Å²) in [5.41, 5.74) is 0. The fourth-order valence-electron chi connectivity index (χ4n) is 4.37. The summed E-state index contributed by atoms with van der Waals surface area (Å²) in [5, 5.41) is 0. The molecule has 0 amide bonds. The summed E-state index contributed by atoms with van der Waals surface area (Å²) >= 11 is 0. The summed E-state index contributed by atoms with van der Waals surface area (Å²) in [6.07, 6.45) is 7.41. The van der Waals surface area contributed by atoms with Crippen LogP contribution in [0.4, 0.5) is 0 Å². The van der Waals surface area contributed by atoms with Gasteiger partial charge in [-0.25, -0.2) is 0 Å². The van der Waals surface area contributed by atoms with Crippen molar-refractivity contribution in [1.29, 1.82) is 0 Å². The number of carbonyl (C=O) groups is 1. The lowest BCUT2D eigenvalue weighted by Gasteiger charge is -2.09. The predicted molar refractivity (Wildman–Crippen MR) is 200 cm³/mol. The highest BCUT2D eigenvalue weighted by Gasteiger charge is 2.03. The zero-order chi connectivity index (χ0) is 37.8. The van der Waals surface area contributed by atoms with Crippen molar-refractivity contribution in [3.05, 3.63) is 30.3 Å². The van der Waals surface area contributed by atoms with Gasteiger partial charge >= 0.3 is 5.97 Å². The summed E-state index contributed by atoms with van der Waals surface area (Å²) in [7, 11) is 0. The van der Waals surface area contributed by atoms with Crippen LogP contribution in [0.5, 0.6) is 5.75 Å². The smallest absolute Gasteiger partial charge is 0.305 e. The first-order valence-corrected chi connectivity index (χ1v) is 19.5. The van der Waals surface area contributed by atoms with Crippen molar-refractivity contribution in [2.24, 2.45) is 0 Å². The van der Waals surface area contributed by atoms with Gasteiger partial charge in [0.2, 0.25) is 0 Å².